The zero-order valence-corrected chi connectivity index (χ0v) is 10.4. The molecule has 0 aromatic carbocycles. The predicted molar refractivity (Wildman–Crippen MR) is 57.6 cm³/mol. The molecule has 0 aliphatic carbocycles. The Morgan fingerprint density at radius 2 is 1.94 bits per heavy atom. The van der Waals surface area contributed by atoms with Crippen molar-refractivity contribution in [2.24, 2.45) is 0 Å². The van der Waals surface area contributed by atoms with Gasteiger partial charge in [-0.3, -0.25) is 0 Å². The fourth-order valence-corrected chi connectivity index (χ4v) is 3.90. The van der Waals surface area contributed by atoms with Gasteiger partial charge in [0.05, 0.1) is 0 Å². The quantitative estimate of drug-likeness (QED) is 0.695. The van der Waals surface area contributed by atoms with E-state index in [9.17, 15) is 13.2 Å². The van der Waals surface area contributed by atoms with Crippen LogP contribution in [0.5, 0.6) is 0 Å². The standard InChI is InChI=1S/C8H16N4O3S/c1-4-5-12-7-6(9-16(12,14)15)10(2)8(13)11(7)3/h6-7,9H,4-5H2,1-3H3/t6-,7-/m1/s1. The number of nitrogens with one attached hydrogen (secondary N) is 1. The molecule has 1 N–H and O–H groups in total. The first-order valence-electron chi connectivity index (χ1n) is 5.19. The third-order valence-corrected chi connectivity index (χ3v) is 4.57. The van der Waals surface area contributed by atoms with Crippen LogP contribution in [-0.4, -0.2) is 61.5 Å². The van der Waals surface area contributed by atoms with Gasteiger partial charge in [0, 0.05) is 20.6 Å². The van der Waals surface area contributed by atoms with Crippen molar-refractivity contribution in [1.29, 1.82) is 0 Å². The number of carbonyl (C=O) groups is 1. The minimum atomic E-state index is -3.45. The number of urea groups is 1. The molecule has 2 amide bonds. The maximum atomic E-state index is 11.8. The Hall–Kier alpha value is -0.860. The van der Waals surface area contributed by atoms with Crippen molar-refractivity contribution < 1.29 is 13.2 Å². The lowest BCUT2D eigenvalue weighted by Crippen LogP contribution is -2.44. The smallest absolute Gasteiger partial charge is 0.308 e. The Kier molecular flexibility index (Phi) is 2.59. The zero-order chi connectivity index (χ0) is 12.1. The van der Waals surface area contributed by atoms with Crippen LogP contribution in [0.4, 0.5) is 4.79 Å². The van der Waals surface area contributed by atoms with E-state index < -0.39 is 22.5 Å². The Balaban J connectivity index is 2.36. The normalized spacial score (nSPS) is 33.6. The van der Waals surface area contributed by atoms with E-state index in [0.29, 0.717) is 6.54 Å². The first kappa shape index (κ1) is 11.6. The number of hydrogen-bond donors (Lipinski definition) is 1. The Morgan fingerprint density at radius 3 is 2.50 bits per heavy atom. The van der Waals surface area contributed by atoms with Gasteiger partial charge >= 0.3 is 6.03 Å². The van der Waals surface area contributed by atoms with Gasteiger partial charge in [-0.05, 0) is 6.42 Å². The first-order valence-corrected chi connectivity index (χ1v) is 6.63. The molecule has 2 atom stereocenters. The lowest BCUT2D eigenvalue weighted by Gasteiger charge is -2.24. The second-order valence-corrected chi connectivity index (χ2v) is 5.75. The Morgan fingerprint density at radius 1 is 1.31 bits per heavy atom. The second-order valence-electron chi connectivity index (χ2n) is 4.10. The molecule has 7 nitrogen and oxygen atoms in total. The summed E-state index contributed by atoms with van der Waals surface area (Å²) in [5.74, 6) is 0. The number of rotatable bonds is 2. The fourth-order valence-electron chi connectivity index (χ4n) is 2.22. The van der Waals surface area contributed by atoms with Crippen molar-refractivity contribution in [3.8, 4) is 0 Å². The number of fused-ring (bicyclic) bond motifs is 1. The molecule has 2 saturated heterocycles. The minimum absolute atomic E-state index is 0.168. The molecular weight excluding hydrogens is 232 g/mol. The van der Waals surface area contributed by atoms with Gasteiger partial charge in [-0.15, -0.1) is 0 Å². The average molecular weight is 248 g/mol. The summed E-state index contributed by atoms with van der Waals surface area (Å²) in [5.41, 5.74) is 0. The van der Waals surface area contributed by atoms with Gasteiger partial charge in [0.2, 0.25) is 0 Å². The summed E-state index contributed by atoms with van der Waals surface area (Å²) in [5, 5.41) is 0. The molecule has 2 aliphatic rings. The van der Waals surface area contributed by atoms with Crippen LogP contribution in [0.1, 0.15) is 13.3 Å². The van der Waals surface area contributed by atoms with Crippen LogP contribution in [0.3, 0.4) is 0 Å². The van der Waals surface area contributed by atoms with E-state index in [4.69, 9.17) is 0 Å². The van der Waals surface area contributed by atoms with Gasteiger partial charge in [-0.25, -0.2) is 4.79 Å². The zero-order valence-electron chi connectivity index (χ0n) is 9.54. The van der Waals surface area contributed by atoms with Crippen molar-refractivity contribution in [3.05, 3.63) is 0 Å². The fraction of sp³-hybridized carbons (Fsp3) is 0.875. The van der Waals surface area contributed by atoms with Crippen LogP contribution in [-0.2, 0) is 10.2 Å². The van der Waals surface area contributed by atoms with Gasteiger partial charge in [-0.1, -0.05) is 6.92 Å². The number of amides is 2. The first-order chi connectivity index (χ1) is 7.40. The summed E-state index contributed by atoms with van der Waals surface area (Å²) in [6.07, 6.45) is -0.188. The monoisotopic (exact) mass is 248 g/mol. The largest absolute Gasteiger partial charge is 0.322 e. The molecule has 0 saturated carbocycles. The third kappa shape index (κ3) is 1.40. The average Bonchev–Trinajstić information content (AvgIpc) is 2.58. The van der Waals surface area contributed by atoms with E-state index in [1.54, 1.807) is 14.1 Å². The molecule has 0 unspecified atom stereocenters. The van der Waals surface area contributed by atoms with Gasteiger partial charge in [-0.2, -0.15) is 17.4 Å². The molecule has 0 aromatic heterocycles. The summed E-state index contributed by atoms with van der Waals surface area (Å²) in [7, 11) is -0.232. The van der Waals surface area contributed by atoms with Crippen molar-refractivity contribution in [1.82, 2.24) is 18.8 Å². The molecular formula is C8H16N4O3S. The molecule has 92 valence electrons. The van der Waals surface area contributed by atoms with E-state index >= 15 is 0 Å². The maximum Gasteiger partial charge on any atom is 0.322 e. The Bertz CT molecular complexity index is 410. The van der Waals surface area contributed by atoms with Crippen molar-refractivity contribution in [2.45, 2.75) is 25.7 Å². The van der Waals surface area contributed by atoms with Crippen LogP contribution in [0.25, 0.3) is 0 Å². The minimum Gasteiger partial charge on any atom is -0.308 e. The van der Waals surface area contributed by atoms with Gasteiger partial charge in [0.25, 0.3) is 10.2 Å². The highest BCUT2D eigenvalue weighted by molar-refractivity contribution is 7.87. The lowest BCUT2D eigenvalue weighted by molar-refractivity contribution is 0.174. The molecule has 2 rings (SSSR count). The molecule has 8 heteroatoms. The maximum absolute atomic E-state index is 11.8. The summed E-state index contributed by atoms with van der Waals surface area (Å²) in [4.78, 5) is 14.5. The lowest BCUT2D eigenvalue weighted by atomic mass is 10.3. The van der Waals surface area contributed by atoms with Gasteiger partial charge < -0.3 is 9.80 Å². The van der Waals surface area contributed by atoms with Crippen LogP contribution in [0, 0.1) is 0 Å². The Labute approximate surface area is 95.2 Å². The molecule has 0 aromatic rings. The number of likely N-dealkylation sites (N-methyl/N-ethyl adjacent to an activating group) is 2. The molecule has 2 fully saturated rings. The molecule has 0 radical (unpaired) electrons. The summed E-state index contributed by atoms with van der Waals surface area (Å²) >= 11 is 0. The van der Waals surface area contributed by atoms with Crippen molar-refractivity contribution in [2.75, 3.05) is 20.6 Å². The molecule has 2 heterocycles. The molecule has 0 spiro atoms. The molecule has 16 heavy (non-hydrogen) atoms. The molecule has 0 bridgehead atoms. The predicted octanol–water partition coefficient (Wildman–Crippen LogP) is -0.804. The van der Waals surface area contributed by atoms with Crippen LogP contribution in [0.2, 0.25) is 0 Å². The van der Waals surface area contributed by atoms with Crippen molar-refractivity contribution >= 4 is 16.2 Å². The SMILES string of the molecule is CCCN1[C@@H]2[C@H](NS1(=O)=O)N(C)C(=O)N2C. The topological polar surface area (TPSA) is 73.0 Å². The van der Waals surface area contributed by atoms with E-state index in [1.165, 1.54) is 14.1 Å². The highest BCUT2D eigenvalue weighted by Gasteiger charge is 2.55. The highest BCUT2D eigenvalue weighted by Crippen LogP contribution is 2.29. The number of carbonyl (C=O) groups excluding carboxylic acids is 1. The van der Waals surface area contributed by atoms with Crippen LogP contribution >= 0.6 is 0 Å². The summed E-state index contributed by atoms with van der Waals surface area (Å²) in [6.45, 7) is 2.32. The van der Waals surface area contributed by atoms with Gasteiger partial charge in [0.15, 0.2) is 0 Å². The van der Waals surface area contributed by atoms with E-state index in [1.807, 2.05) is 6.92 Å². The summed E-state index contributed by atoms with van der Waals surface area (Å²) in [6, 6.07) is -0.168. The second kappa shape index (κ2) is 3.57. The summed E-state index contributed by atoms with van der Waals surface area (Å²) < 4.78 is 27.5. The van der Waals surface area contributed by atoms with E-state index in [2.05, 4.69) is 4.72 Å². The number of nitrogens with zero attached hydrogens (tertiary/aromatic N) is 3. The van der Waals surface area contributed by atoms with Crippen LogP contribution in [0.15, 0.2) is 0 Å². The van der Waals surface area contributed by atoms with Crippen molar-refractivity contribution in [3.63, 3.8) is 0 Å². The van der Waals surface area contributed by atoms with E-state index in [-0.39, 0.29) is 6.03 Å². The van der Waals surface area contributed by atoms with E-state index in [0.717, 1.165) is 6.42 Å². The van der Waals surface area contributed by atoms with Crippen LogP contribution < -0.4 is 4.72 Å². The number of hydrogen-bond acceptors (Lipinski definition) is 3. The third-order valence-electron chi connectivity index (χ3n) is 3.02. The molecule has 2 aliphatic heterocycles. The van der Waals surface area contributed by atoms with Gasteiger partial charge in [0.1, 0.15) is 12.3 Å². The highest BCUT2D eigenvalue weighted by atomic mass is 32.2.